The Morgan fingerprint density at radius 3 is 2.72 bits per heavy atom. The van der Waals surface area contributed by atoms with Crippen molar-refractivity contribution in [2.24, 2.45) is 0 Å². The first-order valence-corrected chi connectivity index (χ1v) is 8.24. The number of nitrogen functional groups attached to an aromatic ring is 1. The van der Waals surface area contributed by atoms with Gasteiger partial charge in [-0.2, -0.15) is 0 Å². The van der Waals surface area contributed by atoms with E-state index in [1.807, 2.05) is 6.07 Å². The quantitative estimate of drug-likeness (QED) is 0.748. The molecule has 1 fully saturated rings. The third kappa shape index (κ3) is 4.23. The number of ether oxygens (including phenoxy) is 1. The number of hydrogen-bond donors (Lipinski definition) is 2. The molecule has 1 aliphatic carbocycles. The summed E-state index contributed by atoms with van der Waals surface area (Å²) in [5, 5.41) is 8.57. The van der Waals surface area contributed by atoms with Gasteiger partial charge in [0.05, 0.1) is 24.7 Å². The number of carboxylic acids is 1. The van der Waals surface area contributed by atoms with Crippen molar-refractivity contribution in [3.05, 3.63) is 47.7 Å². The van der Waals surface area contributed by atoms with E-state index in [0.717, 1.165) is 24.1 Å². The molecule has 0 radical (unpaired) electrons. The largest absolute Gasteiger partial charge is 0.491 e. The zero-order valence-corrected chi connectivity index (χ0v) is 13.7. The number of benzene rings is 1. The van der Waals surface area contributed by atoms with Crippen LogP contribution < -0.4 is 10.5 Å². The molecule has 1 saturated carbocycles. The number of carboxylic acid groups (broad SMARTS) is 1. The van der Waals surface area contributed by atoms with Crippen molar-refractivity contribution in [2.45, 2.75) is 37.5 Å². The first-order chi connectivity index (χ1) is 12.0. The molecular weight excluding hydrogens is 325 g/mol. The van der Waals surface area contributed by atoms with Gasteiger partial charge in [-0.05, 0) is 42.9 Å². The van der Waals surface area contributed by atoms with E-state index in [9.17, 15) is 9.18 Å². The van der Waals surface area contributed by atoms with E-state index in [-0.39, 0.29) is 18.8 Å². The fourth-order valence-electron chi connectivity index (χ4n) is 2.98. The van der Waals surface area contributed by atoms with Gasteiger partial charge < -0.3 is 15.6 Å². The summed E-state index contributed by atoms with van der Waals surface area (Å²) in [6.07, 6.45) is 5.41. The van der Waals surface area contributed by atoms with Crippen LogP contribution in [0.25, 0.3) is 0 Å². The van der Waals surface area contributed by atoms with Crippen LogP contribution in [-0.2, 0) is 4.79 Å². The molecule has 0 spiro atoms. The summed E-state index contributed by atoms with van der Waals surface area (Å²) in [4.78, 5) is 18.8. The summed E-state index contributed by atoms with van der Waals surface area (Å²) in [6, 6.07) is 4.98. The van der Waals surface area contributed by atoms with Crippen LogP contribution in [0.15, 0.2) is 30.6 Å². The van der Waals surface area contributed by atoms with Crippen molar-refractivity contribution in [3.8, 4) is 5.75 Å². The van der Waals surface area contributed by atoms with Gasteiger partial charge >= 0.3 is 5.97 Å². The van der Waals surface area contributed by atoms with E-state index in [0.29, 0.717) is 24.1 Å². The molecular formula is C18H20FN3O3. The van der Waals surface area contributed by atoms with Crippen LogP contribution >= 0.6 is 0 Å². The van der Waals surface area contributed by atoms with Gasteiger partial charge in [-0.15, -0.1) is 0 Å². The van der Waals surface area contributed by atoms with Crippen molar-refractivity contribution < 1.29 is 19.0 Å². The molecule has 2 aromatic rings. The summed E-state index contributed by atoms with van der Waals surface area (Å²) in [5.41, 5.74) is 7.40. The van der Waals surface area contributed by atoms with Crippen LogP contribution in [0, 0.1) is 5.82 Å². The van der Waals surface area contributed by atoms with Crippen LogP contribution in [0.2, 0.25) is 0 Å². The van der Waals surface area contributed by atoms with Crippen LogP contribution in [-0.4, -0.2) is 27.7 Å². The fourth-order valence-corrected chi connectivity index (χ4v) is 2.98. The van der Waals surface area contributed by atoms with Crippen LogP contribution in [0.5, 0.6) is 5.75 Å². The van der Waals surface area contributed by atoms with E-state index in [1.54, 1.807) is 18.5 Å². The second-order valence-corrected chi connectivity index (χ2v) is 6.27. The third-order valence-electron chi connectivity index (χ3n) is 4.47. The summed E-state index contributed by atoms with van der Waals surface area (Å²) in [6.45, 7) is 0.184. The molecule has 1 aromatic carbocycles. The number of aliphatic carboxylic acids is 1. The smallest absolute Gasteiger partial charge is 0.303 e. The summed E-state index contributed by atoms with van der Waals surface area (Å²) in [5.74, 6) is -0.114. The van der Waals surface area contributed by atoms with E-state index in [1.165, 1.54) is 6.07 Å². The average molecular weight is 345 g/mol. The topological polar surface area (TPSA) is 98.3 Å². The Kier molecular flexibility index (Phi) is 5.11. The monoisotopic (exact) mass is 345 g/mol. The number of rotatable bonds is 7. The van der Waals surface area contributed by atoms with Crippen molar-refractivity contribution in [1.82, 2.24) is 9.97 Å². The first kappa shape index (κ1) is 17.1. The van der Waals surface area contributed by atoms with Crippen LogP contribution in [0.3, 0.4) is 0 Å². The third-order valence-corrected chi connectivity index (χ3v) is 4.47. The molecule has 0 atom stereocenters. The lowest BCUT2D eigenvalue weighted by molar-refractivity contribution is -0.137. The highest BCUT2D eigenvalue weighted by Gasteiger charge is 2.32. The van der Waals surface area contributed by atoms with Crippen molar-refractivity contribution >= 4 is 11.8 Å². The Hall–Kier alpha value is -2.70. The Bertz CT molecular complexity index is 746. The van der Waals surface area contributed by atoms with Gasteiger partial charge in [0.2, 0.25) is 0 Å². The molecule has 132 valence electrons. The molecule has 1 aromatic heterocycles. The number of aromatic nitrogens is 2. The number of anilines is 1. The maximum atomic E-state index is 14.1. The zero-order chi connectivity index (χ0) is 17.8. The highest BCUT2D eigenvalue weighted by Crippen LogP contribution is 2.47. The second kappa shape index (κ2) is 7.46. The molecule has 6 nitrogen and oxygen atoms in total. The molecule has 1 heterocycles. The van der Waals surface area contributed by atoms with Gasteiger partial charge in [-0.1, -0.05) is 6.07 Å². The Balaban J connectivity index is 1.53. The Labute approximate surface area is 144 Å². The Morgan fingerprint density at radius 1 is 1.28 bits per heavy atom. The van der Waals surface area contributed by atoms with Gasteiger partial charge in [0.25, 0.3) is 0 Å². The minimum absolute atomic E-state index is 0.0111. The Morgan fingerprint density at radius 2 is 2.08 bits per heavy atom. The van der Waals surface area contributed by atoms with E-state index >= 15 is 0 Å². The predicted molar refractivity (Wildman–Crippen MR) is 89.9 cm³/mol. The SMILES string of the molecule is Nc1cnc(C2CC(c3ccc(OCCCC(=O)O)c(F)c3)C2)cn1. The van der Waals surface area contributed by atoms with E-state index in [2.05, 4.69) is 9.97 Å². The number of hydrogen-bond acceptors (Lipinski definition) is 5. The number of halogens is 1. The normalized spacial score (nSPS) is 19.2. The number of nitrogens with zero attached hydrogens (tertiary/aromatic N) is 2. The number of nitrogens with two attached hydrogens (primary N) is 1. The molecule has 1 aliphatic rings. The maximum absolute atomic E-state index is 14.1. The van der Waals surface area contributed by atoms with Gasteiger partial charge in [0.1, 0.15) is 5.82 Å². The molecule has 0 unspecified atom stereocenters. The summed E-state index contributed by atoms with van der Waals surface area (Å²) < 4.78 is 19.5. The van der Waals surface area contributed by atoms with Crippen molar-refractivity contribution in [1.29, 1.82) is 0 Å². The lowest BCUT2D eigenvalue weighted by Gasteiger charge is -2.35. The molecule has 0 amide bonds. The summed E-state index contributed by atoms with van der Waals surface area (Å²) in [7, 11) is 0. The molecule has 3 rings (SSSR count). The van der Waals surface area contributed by atoms with Crippen molar-refractivity contribution in [3.63, 3.8) is 0 Å². The van der Waals surface area contributed by atoms with Gasteiger partial charge in [-0.3, -0.25) is 9.78 Å². The van der Waals surface area contributed by atoms with Gasteiger partial charge in [0.15, 0.2) is 11.6 Å². The molecule has 7 heteroatoms. The lowest BCUT2D eigenvalue weighted by Crippen LogP contribution is -2.21. The van der Waals surface area contributed by atoms with Gasteiger partial charge in [-0.25, -0.2) is 9.37 Å². The second-order valence-electron chi connectivity index (χ2n) is 6.27. The number of carbonyl (C=O) groups is 1. The molecule has 0 aliphatic heterocycles. The fraction of sp³-hybridized carbons (Fsp3) is 0.389. The minimum atomic E-state index is -0.884. The molecule has 25 heavy (non-hydrogen) atoms. The minimum Gasteiger partial charge on any atom is -0.491 e. The predicted octanol–water partition coefficient (Wildman–Crippen LogP) is 3.10. The lowest BCUT2D eigenvalue weighted by atomic mass is 9.70. The van der Waals surface area contributed by atoms with Crippen molar-refractivity contribution in [2.75, 3.05) is 12.3 Å². The molecule has 3 N–H and O–H groups in total. The average Bonchev–Trinajstić information content (AvgIpc) is 2.53. The molecule has 0 bridgehead atoms. The van der Waals surface area contributed by atoms with E-state index < -0.39 is 11.8 Å². The zero-order valence-electron chi connectivity index (χ0n) is 13.7. The summed E-state index contributed by atoms with van der Waals surface area (Å²) >= 11 is 0. The van der Waals surface area contributed by atoms with Crippen LogP contribution in [0.4, 0.5) is 10.2 Å². The highest BCUT2D eigenvalue weighted by molar-refractivity contribution is 5.66. The van der Waals surface area contributed by atoms with E-state index in [4.69, 9.17) is 15.6 Å². The maximum Gasteiger partial charge on any atom is 0.303 e. The van der Waals surface area contributed by atoms with Crippen LogP contribution in [0.1, 0.15) is 48.8 Å². The first-order valence-electron chi connectivity index (χ1n) is 8.24. The molecule has 0 saturated heterocycles. The standard InChI is InChI=1S/C18H20FN3O3/c19-14-8-11(3-4-16(14)25-5-1-2-18(23)24)12-6-13(7-12)15-9-22-17(20)10-21-15/h3-4,8-10,12-13H,1-2,5-7H2,(H2,20,22)(H,23,24). The highest BCUT2D eigenvalue weighted by atomic mass is 19.1. The van der Waals surface area contributed by atoms with Gasteiger partial charge in [0, 0.05) is 12.3 Å².